The van der Waals surface area contributed by atoms with Crippen LogP contribution in [-0.2, 0) is 29.4 Å². The molecule has 1 aliphatic rings. The molecule has 0 spiro atoms. The van der Waals surface area contributed by atoms with Crippen LogP contribution >= 0.6 is 22.6 Å². The lowest BCUT2D eigenvalue weighted by atomic mass is 9.80. The molecule has 1 fully saturated rings. The highest BCUT2D eigenvalue weighted by Gasteiger charge is 2.44. The number of aromatic amines is 1. The molecule has 1 saturated heterocycles. The minimum absolute atomic E-state index is 0.0423. The molecule has 1 N–H and O–H groups in total. The van der Waals surface area contributed by atoms with Gasteiger partial charge >= 0.3 is 11.7 Å². The Morgan fingerprint density at radius 3 is 2.02 bits per heavy atom. The number of nitrogens with one attached hydrogen (secondary N) is 1. The third-order valence-corrected chi connectivity index (χ3v) is 8.79. The number of hydrogen-bond acceptors (Lipinski definition) is 9. The van der Waals surface area contributed by atoms with Crippen LogP contribution in [0.2, 0.25) is 0 Å². The smallest absolute Gasteiger partial charge is 0.330 e. The largest absolute Gasteiger partial charge is 0.497 e. The molecule has 1 aliphatic heterocycles. The van der Waals surface area contributed by atoms with Gasteiger partial charge in [-0.3, -0.25) is 19.1 Å². The standard InChI is InChI=1S/C35H35IN2O9/c1-22(39)9-18-32(40)47-29-19-31(38-20-28(36)33(41)37-34(38)42)46-30(29)21-45-35(23-7-5-4-6-8-23,24-10-14-26(43-2)15-11-24)25-12-16-27(44-3)17-13-25/h4-8,10-17,20,29-31H,9,18-19,21H2,1-3H3,(H,37,41,42)/t29-,30+,31+/m0/s1. The second-order valence-electron chi connectivity index (χ2n) is 11.1. The Kier molecular flexibility index (Phi) is 10.9. The van der Waals surface area contributed by atoms with Gasteiger partial charge in [0.25, 0.3) is 5.56 Å². The molecule has 0 saturated carbocycles. The molecule has 4 aromatic rings. The Labute approximate surface area is 284 Å². The van der Waals surface area contributed by atoms with Crippen LogP contribution in [0.15, 0.2) is 94.6 Å². The zero-order chi connectivity index (χ0) is 33.6. The molecule has 0 unspecified atom stereocenters. The number of ketones is 1. The third-order valence-electron chi connectivity index (χ3n) is 8.02. The topological polar surface area (TPSA) is 135 Å². The van der Waals surface area contributed by atoms with Crippen molar-refractivity contribution in [3.63, 3.8) is 0 Å². The Hall–Kier alpha value is -4.27. The number of rotatable bonds is 13. The molecule has 2 heterocycles. The van der Waals surface area contributed by atoms with Gasteiger partial charge in [-0.05, 0) is 70.5 Å². The zero-order valence-corrected chi connectivity index (χ0v) is 28.3. The molecular weight excluding hydrogens is 719 g/mol. The van der Waals surface area contributed by atoms with E-state index in [4.69, 9.17) is 23.7 Å². The maximum absolute atomic E-state index is 12.8. The maximum Gasteiger partial charge on any atom is 0.330 e. The summed E-state index contributed by atoms with van der Waals surface area (Å²) in [6.07, 6.45) is -1.03. The molecule has 0 aliphatic carbocycles. The van der Waals surface area contributed by atoms with Crippen molar-refractivity contribution in [3.8, 4) is 11.5 Å². The molecule has 1 aromatic heterocycles. The molecule has 246 valence electrons. The first-order valence-corrected chi connectivity index (χ1v) is 16.1. The first-order valence-electron chi connectivity index (χ1n) is 15.0. The fourth-order valence-corrected chi connectivity index (χ4v) is 6.04. The number of H-pyrrole nitrogens is 1. The van der Waals surface area contributed by atoms with Gasteiger partial charge in [0.15, 0.2) is 0 Å². The predicted octanol–water partition coefficient (Wildman–Crippen LogP) is 4.74. The fraction of sp³-hybridized carbons (Fsp3) is 0.314. The average molecular weight is 755 g/mol. The highest BCUT2D eigenvalue weighted by molar-refractivity contribution is 14.1. The minimum atomic E-state index is -1.17. The van der Waals surface area contributed by atoms with E-state index in [1.54, 1.807) is 14.2 Å². The van der Waals surface area contributed by atoms with Crippen molar-refractivity contribution in [1.29, 1.82) is 0 Å². The fourth-order valence-electron chi connectivity index (χ4n) is 5.61. The molecule has 0 amide bonds. The normalized spacial score (nSPS) is 17.7. The number of halogens is 1. The van der Waals surface area contributed by atoms with Crippen molar-refractivity contribution < 1.29 is 33.3 Å². The van der Waals surface area contributed by atoms with Crippen LogP contribution in [0.25, 0.3) is 0 Å². The Bertz CT molecular complexity index is 1760. The maximum atomic E-state index is 12.8. The van der Waals surface area contributed by atoms with Crippen molar-refractivity contribution in [1.82, 2.24) is 9.55 Å². The van der Waals surface area contributed by atoms with Crippen LogP contribution in [0, 0.1) is 3.57 Å². The van der Waals surface area contributed by atoms with Gasteiger partial charge < -0.3 is 28.5 Å². The first kappa shape index (κ1) is 34.1. The van der Waals surface area contributed by atoms with E-state index in [1.165, 1.54) is 17.7 Å². The molecule has 11 nitrogen and oxygen atoms in total. The van der Waals surface area contributed by atoms with Crippen molar-refractivity contribution in [2.75, 3.05) is 20.8 Å². The number of carbonyl (C=O) groups is 2. The molecule has 0 radical (unpaired) electrons. The summed E-state index contributed by atoms with van der Waals surface area (Å²) in [4.78, 5) is 51.5. The van der Waals surface area contributed by atoms with Gasteiger partial charge in [-0.1, -0.05) is 54.6 Å². The minimum Gasteiger partial charge on any atom is -0.497 e. The average Bonchev–Trinajstić information content (AvgIpc) is 3.48. The summed E-state index contributed by atoms with van der Waals surface area (Å²) in [6.45, 7) is 1.34. The van der Waals surface area contributed by atoms with Gasteiger partial charge in [-0.25, -0.2) is 4.79 Å². The summed E-state index contributed by atoms with van der Waals surface area (Å²) in [7, 11) is 3.19. The summed E-state index contributed by atoms with van der Waals surface area (Å²) in [6, 6.07) is 24.8. The second-order valence-corrected chi connectivity index (χ2v) is 12.2. The van der Waals surface area contributed by atoms with E-state index >= 15 is 0 Å². The van der Waals surface area contributed by atoms with E-state index in [9.17, 15) is 19.2 Å². The summed E-state index contributed by atoms with van der Waals surface area (Å²) < 4.78 is 31.6. The molecule has 47 heavy (non-hydrogen) atoms. The number of aromatic nitrogens is 2. The van der Waals surface area contributed by atoms with Crippen LogP contribution in [-0.4, -0.2) is 54.3 Å². The lowest BCUT2D eigenvalue weighted by Gasteiger charge is -2.37. The van der Waals surface area contributed by atoms with Crippen molar-refractivity contribution in [3.05, 3.63) is 126 Å². The van der Waals surface area contributed by atoms with Crippen LogP contribution in [0.4, 0.5) is 0 Å². The number of Topliss-reactive ketones (excluding diaryl/α,β-unsaturated/α-hetero) is 1. The number of nitrogens with zero attached hydrogens (tertiary/aromatic N) is 1. The van der Waals surface area contributed by atoms with Gasteiger partial charge in [0.05, 0.1) is 30.8 Å². The number of benzene rings is 3. The molecule has 12 heteroatoms. The molecule has 0 bridgehead atoms. The predicted molar refractivity (Wildman–Crippen MR) is 181 cm³/mol. The molecule has 3 atom stereocenters. The molecule has 5 rings (SSSR count). The second kappa shape index (κ2) is 15.1. The summed E-state index contributed by atoms with van der Waals surface area (Å²) in [5, 5.41) is 0. The van der Waals surface area contributed by atoms with Crippen LogP contribution in [0.3, 0.4) is 0 Å². The first-order chi connectivity index (χ1) is 22.6. The quantitative estimate of drug-likeness (QED) is 0.117. The number of hydrogen-bond donors (Lipinski definition) is 1. The zero-order valence-electron chi connectivity index (χ0n) is 26.1. The highest BCUT2D eigenvalue weighted by atomic mass is 127. The van der Waals surface area contributed by atoms with Crippen molar-refractivity contribution in [2.24, 2.45) is 0 Å². The van der Waals surface area contributed by atoms with Crippen molar-refractivity contribution in [2.45, 2.75) is 50.2 Å². The van der Waals surface area contributed by atoms with E-state index in [1.807, 2.05) is 101 Å². The van der Waals surface area contributed by atoms with E-state index in [0.717, 1.165) is 16.7 Å². The van der Waals surface area contributed by atoms with Gasteiger partial charge in [0.2, 0.25) is 0 Å². The monoisotopic (exact) mass is 754 g/mol. The SMILES string of the molecule is COc1ccc(C(OC[C@H]2O[C@@H](n3cc(I)c(=O)[nH]c3=O)C[C@@H]2OC(=O)CCC(C)=O)(c2ccccc2)c2ccc(OC)cc2)cc1. The van der Waals surface area contributed by atoms with E-state index in [0.29, 0.717) is 15.1 Å². The van der Waals surface area contributed by atoms with Gasteiger partial charge in [0, 0.05) is 19.0 Å². The van der Waals surface area contributed by atoms with E-state index in [-0.39, 0.29) is 31.7 Å². The number of carbonyl (C=O) groups excluding carboxylic acids is 2. The third kappa shape index (κ3) is 7.66. The number of esters is 1. The van der Waals surface area contributed by atoms with Gasteiger partial charge in [0.1, 0.15) is 41.3 Å². The Balaban J connectivity index is 1.56. The van der Waals surface area contributed by atoms with Crippen LogP contribution in [0.5, 0.6) is 11.5 Å². The summed E-state index contributed by atoms with van der Waals surface area (Å²) in [5.41, 5.74) is 0.0825. The van der Waals surface area contributed by atoms with E-state index < -0.39 is 41.3 Å². The molecular formula is C35H35IN2O9. The lowest BCUT2D eigenvalue weighted by Crippen LogP contribution is -2.39. The Morgan fingerprint density at radius 2 is 1.47 bits per heavy atom. The van der Waals surface area contributed by atoms with Gasteiger partial charge in [-0.15, -0.1) is 0 Å². The van der Waals surface area contributed by atoms with Crippen LogP contribution in [0.1, 0.15) is 49.1 Å². The van der Waals surface area contributed by atoms with Crippen LogP contribution < -0.4 is 20.7 Å². The lowest BCUT2D eigenvalue weighted by molar-refractivity contribution is -0.156. The van der Waals surface area contributed by atoms with Gasteiger partial charge in [-0.2, -0.15) is 0 Å². The number of methoxy groups -OCH3 is 2. The van der Waals surface area contributed by atoms with Crippen molar-refractivity contribution >= 4 is 34.3 Å². The molecule has 3 aromatic carbocycles. The van der Waals surface area contributed by atoms with E-state index in [2.05, 4.69) is 4.98 Å². The number of ether oxygens (including phenoxy) is 5. The Morgan fingerprint density at radius 1 is 0.894 bits per heavy atom. The summed E-state index contributed by atoms with van der Waals surface area (Å²) >= 11 is 1.84. The summed E-state index contributed by atoms with van der Waals surface area (Å²) in [5.74, 6) is 0.641. The highest BCUT2D eigenvalue weighted by Crippen LogP contribution is 2.43.